The van der Waals surface area contributed by atoms with E-state index in [0.717, 1.165) is 18.8 Å². The number of nitrogens with zero attached hydrogens (tertiary/aromatic N) is 2. The number of amidine groups is 1. The van der Waals surface area contributed by atoms with Gasteiger partial charge in [-0.1, -0.05) is 0 Å². The molecule has 6 nitrogen and oxygen atoms in total. The number of amides is 1. The quantitative estimate of drug-likeness (QED) is 0.786. The zero-order valence-electron chi connectivity index (χ0n) is 12.8. The van der Waals surface area contributed by atoms with E-state index < -0.39 is 16.4 Å². The first kappa shape index (κ1) is 16.9. The second-order valence-electron chi connectivity index (χ2n) is 5.79. The maximum atomic E-state index is 12.0. The van der Waals surface area contributed by atoms with Gasteiger partial charge in [-0.2, -0.15) is 0 Å². The van der Waals surface area contributed by atoms with E-state index in [1.165, 1.54) is 0 Å². The first-order valence-electron chi connectivity index (χ1n) is 6.83. The monoisotopic (exact) mass is 303 g/mol. The first-order valence-corrected chi connectivity index (χ1v) is 8.56. The highest BCUT2D eigenvalue weighted by molar-refractivity contribution is 7.84. The third-order valence-electron chi connectivity index (χ3n) is 2.60. The molecule has 1 unspecified atom stereocenters. The number of rotatable bonds is 4. The number of carbonyl (C=O) groups is 1. The molecule has 0 saturated carbocycles. The van der Waals surface area contributed by atoms with E-state index in [4.69, 9.17) is 4.74 Å². The van der Waals surface area contributed by atoms with Gasteiger partial charge >= 0.3 is 6.09 Å². The topological polar surface area (TPSA) is 71.0 Å². The molecular weight excluding hydrogens is 278 g/mol. The largest absolute Gasteiger partial charge is 0.444 e. The lowest BCUT2D eigenvalue weighted by atomic mass is 10.2. The van der Waals surface area contributed by atoms with Crippen LogP contribution in [0.25, 0.3) is 0 Å². The Morgan fingerprint density at radius 2 is 2.20 bits per heavy atom. The maximum Gasteiger partial charge on any atom is 0.410 e. The Morgan fingerprint density at radius 3 is 2.80 bits per heavy atom. The Morgan fingerprint density at radius 1 is 1.50 bits per heavy atom. The second kappa shape index (κ2) is 7.61. The number of aliphatic imine (C=N–C) groups is 1. The van der Waals surface area contributed by atoms with Crippen LogP contribution in [0.4, 0.5) is 4.79 Å². The highest BCUT2D eigenvalue weighted by Gasteiger charge is 2.24. The number of nitrogens with one attached hydrogen (secondary N) is 1. The molecule has 116 valence electrons. The molecule has 0 fully saturated rings. The number of hydrogen-bond donors (Lipinski definition) is 1. The van der Waals surface area contributed by atoms with Gasteiger partial charge in [-0.3, -0.25) is 14.1 Å². The maximum absolute atomic E-state index is 12.0. The minimum absolute atomic E-state index is 0.304. The normalized spacial score (nSPS) is 17.4. The van der Waals surface area contributed by atoms with Crippen LogP contribution in [0.1, 0.15) is 27.2 Å². The molecule has 0 aromatic rings. The van der Waals surface area contributed by atoms with Crippen LogP contribution in [0.3, 0.4) is 0 Å². The molecule has 0 aliphatic carbocycles. The van der Waals surface area contributed by atoms with Gasteiger partial charge in [0.1, 0.15) is 11.4 Å². The molecule has 0 aromatic carbocycles. The molecule has 1 amide bonds. The summed E-state index contributed by atoms with van der Waals surface area (Å²) in [6.45, 7) is 7.90. The van der Waals surface area contributed by atoms with E-state index in [9.17, 15) is 9.00 Å². The van der Waals surface area contributed by atoms with Crippen molar-refractivity contribution >= 4 is 22.7 Å². The van der Waals surface area contributed by atoms with Crippen molar-refractivity contribution in [2.24, 2.45) is 4.99 Å². The Bertz CT molecular complexity index is 391. The predicted molar refractivity (Wildman–Crippen MR) is 81.7 cm³/mol. The molecule has 0 saturated heterocycles. The Labute approximate surface area is 123 Å². The van der Waals surface area contributed by atoms with Gasteiger partial charge in [0.05, 0.1) is 13.1 Å². The summed E-state index contributed by atoms with van der Waals surface area (Å²) in [5, 5.41) is 3.19. The van der Waals surface area contributed by atoms with Gasteiger partial charge < -0.3 is 10.1 Å². The lowest BCUT2D eigenvalue weighted by molar-refractivity contribution is 0.0276. The fourth-order valence-corrected chi connectivity index (χ4v) is 2.27. The Kier molecular flexibility index (Phi) is 6.45. The predicted octanol–water partition coefficient (Wildman–Crippen LogP) is 0.994. The summed E-state index contributed by atoms with van der Waals surface area (Å²) in [6.07, 6.45) is 2.22. The highest BCUT2D eigenvalue weighted by atomic mass is 32.2. The van der Waals surface area contributed by atoms with E-state index >= 15 is 0 Å². The van der Waals surface area contributed by atoms with Crippen LogP contribution in [-0.2, 0) is 15.5 Å². The van der Waals surface area contributed by atoms with Crippen molar-refractivity contribution in [3.8, 4) is 0 Å². The molecule has 1 rings (SSSR count). The summed E-state index contributed by atoms with van der Waals surface area (Å²) in [6, 6.07) is 0. The number of hydrogen-bond acceptors (Lipinski definition) is 5. The van der Waals surface area contributed by atoms with Gasteiger partial charge in [0, 0.05) is 35.9 Å². The van der Waals surface area contributed by atoms with E-state index in [2.05, 4.69) is 10.3 Å². The van der Waals surface area contributed by atoms with Crippen molar-refractivity contribution in [1.29, 1.82) is 0 Å². The van der Waals surface area contributed by atoms with Crippen molar-refractivity contribution in [2.45, 2.75) is 32.8 Å². The number of carbonyl (C=O) groups excluding carboxylic acids is 1. The van der Waals surface area contributed by atoms with Crippen molar-refractivity contribution < 1.29 is 13.7 Å². The van der Waals surface area contributed by atoms with Gasteiger partial charge in [-0.25, -0.2) is 4.79 Å². The summed E-state index contributed by atoms with van der Waals surface area (Å²) in [5.41, 5.74) is -0.482. The lowest BCUT2D eigenvalue weighted by Crippen LogP contribution is -2.47. The van der Waals surface area contributed by atoms with E-state index in [1.807, 2.05) is 20.8 Å². The summed E-state index contributed by atoms with van der Waals surface area (Å²) < 4.78 is 16.3. The van der Waals surface area contributed by atoms with Crippen molar-refractivity contribution in [3.05, 3.63) is 0 Å². The fourth-order valence-electron chi connectivity index (χ4n) is 1.72. The molecule has 20 heavy (non-hydrogen) atoms. The molecule has 7 heteroatoms. The second-order valence-corrected chi connectivity index (χ2v) is 7.34. The van der Waals surface area contributed by atoms with Crippen LogP contribution in [-0.4, -0.2) is 64.8 Å². The standard InChI is InChI=1S/C13H25N3O3S/c1-13(2,3)19-12(17)16-8-7-15-11(10-16)14-6-5-9-20(4)18/h5-10H2,1-4H3,(H,14,15). The van der Waals surface area contributed by atoms with Crippen LogP contribution in [0.5, 0.6) is 0 Å². The summed E-state index contributed by atoms with van der Waals surface area (Å²) in [4.78, 5) is 18.0. The van der Waals surface area contributed by atoms with Crippen molar-refractivity contribution in [2.75, 3.05) is 38.2 Å². The van der Waals surface area contributed by atoms with Crippen LogP contribution >= 0.6 is 0 Å². The average Bonchev–Trinajstić information content (AvgIpc) is 2.33. The highest BCUT2D eigenvalue weighted by Crippen LogP contribution is 2.10. The van der Waals surface area contributed by atoms with Crippen LogP contribution in [0, 0.1) is 0 Å². The minimum atomic E-state index is -0.762. The molecular formula is C13H25N3O3S. The van der Waals surface area contributed by atoms with Gasteiger partial charge in [0.2, 0.25) is 0 Å². The lowest BCUT2D eigenvalue weighted by Gasteiger charge is -2.29. The average molecular weight is 303 g/mol. The van der Waals surface area contributed by atoms with Gasteiger partial charge in [0.25, 0.3) is 0 Å². The molecule has 1 atom stereocenters. The van der Waals surface area contributed by atoms with Crippen molar-refractivity contribution in [1.82, 2.24) is 10.2 Å². The minimum Gasteiger partial charge on any atom is -0.444 e. The molecule has 1 N–H and O–H groups in total. The van der Waals surface area contributed by atoms with Crippen molar-refractivity contribution in [3.63, 3.8) is 0 Å². The smallest absolute Gasteiger partial charge is 0.410 e. The zero-order valence-corrected chi connectivity index (χ0v) is 13.6. The molecule has 0 radical (unpaired) electrons. The molecule has 0 bridgehead atoms. The third-order valence-corrected chi connectivity index (χ3v) is 3.47. The summed E-state index contributed by atoms with van der Waals surface area (Å²) in [5.74, 6) is 1.47. The summed E-state index contributed by atoms with van der Waals surface area (Å²) >= 11 is 0. The van der Waals surface area contributed by atoms with E-state index in [1.54, 1.807) is 11.2 Å². The molecule has 1 heterocycles. The Balaban J connectivity index is 2.36. The molecule has 0 aromatic heterocycles. The van der Waals surface area contributed by atoms with Crippen LogP contribution in [0.15, 0.2) is 4.99 Å². The van der Waals surface area contributed by atoms with Crippen LogP contribution in [0.2, 0.25) is 0 Å². The molecule has 1 aliphatic rings. The summed E-state index contributed by atoms with van der Waals surface area (Å²) in [7, 11) is -0.762. The first-order chi connectivity index (χ1) is 9.28. The fraction of sp³-hybridized carbons (Fsp3) is 0.846. The Hall–Kier alpha value is -1.11. The molecule has 0 spiro atoms. The van der Waals surface area contributed by atoms with E-state index in [0.29, 0.717) is 25.4 Å². The number of ether oxygens (including phenoxy) is 1. The molecule has 1 aliphatic heterocycles. The SMILES string of the molecule is CS(=O)CCCNC1=NCCN(C(=O)OC(C)(C)C)C1. The third kappa shape index (κ3) is 6.88. The van der Waals surface area contributed by atoms with Crippen LogP contribution < -0.4 is 5.32 Å². The van der Waals surface area contributed by atoms with Gasteiger partial charge in [-0.15, -0.1) is 0 Å². The van der Waals surface area contributed by atoms with Gasteiger partial charge in [-0.05, 0) is 27.2 Å². The van der Waals surface area contributed by atoms with E-state index in [-0.39, 0.29) is 6.09 Å². The zero-order chi connectivity index (χ0) is 15.2. The van der Waals surface area contributed by atoms with Gasteiger partial charge in [0.15, 0.2) is 0 Å².